The molecule has 1 unspecified atom stereocenters. The number of hydrogen-bond acceptors (Lipinski definition) is 5. The molecule has 8 nitrogen and oxygen atoms in total. The molecule has 2 aromatic rings. The van der Waals surface area contributed by atoms with Gasteiger partial charge in [-0.25, -0.2) is 18.8 Å². The summed E-state index contributed by atoms with van der Waals surface area (Å²) in [6.45, 7) is 0.225. The average Bonchev–Trinajstić information content (AvgIpc) is 2.98. The SMILES string of the molecule is Cc1cc(F)ccc1[C@H]1CCCC[N+]1(OC(=O)N1CCS(=O)CC1)C(=O)N(CCCO)Cc1cc(C(F)(F)F)cc(C(F)(F)F)c1. The van der Waals surface area contributed by atoms with Crippen LogP contribution in [0.1, 0.15) is 59.5 Å². The molecular weight excluding hydrogens is 647 g/mol. The third kappa shape index (κ3) is 8.18. The number of hydrogen-bond donors (Lipinski definition) is 1. The Labute approximate surface area is 263 Å². The van der Waals surface area contributed by atoms with Crippen molar-refractivity contribution < 1.29 is 59.1 Å². The molecule has 46 heavy (non-hydrogen) atoms. The lowest BCUT2D eigenvalue weighted by atomic mass is 9.91. The van der Waals surface area contributed by atoms with Crippen molar-refractivity contribution in [1.29, 1.82) is 0 Å². The Morgan fingerprint density at radius 3 is 2.22 bits per heavy atom. The number of amides is 3. The van der Waals surface area contributed by atoms with Crippen LogP contribution in [0.2, 0.25) is 0 Å². The molecule has 1 N–H and O–H groups in total. The minimum Gasteiger partial charge on any atom is -0.396 e. The fraction of sp³-hybridized carbons (Fsp3) is 0.533. The number of likely N-dealkylation sites (tertiary alicyclic amines) is 1. The second kappa shape index (κ2) is 14.3. The first-order valence-corrected chi connectivity index (χ1v) is 16.2. The van der Waals surface area contributed by atoms with Gasteiger partial charge in [-0.15, -0.1) is 0 Å². The molecule has 2 aliphatic rings. The molecule has 0 aromatic heterocycles. The summed E-state index contributed by atoms with van der Waals surface area (Å²) in [4.78, 5) is 36.6. The number of carbonyl (C=O) groups is 2. The predicted octanol–water partition coefficient (Wildman–Crippen LogP) is 6.33. The number of piperidine rings is 1. The summed E-state index contributed by atoms with van der Waals surface area (Å²) in [7, 11) is -1.15. The molecule has 16 heteroatoms. The molecule has 4 rings (SSSR count). The summed E-state index contributed by atoms with van der Waals surface area (Å²) in [5, 5.41) is 9.58. The van der Waals surface area contributed by atoms with Gasteiger partial charge < -0.3 is 10.0 Å². The molecule has 2 atom stereocenters. The highest BCUT2D eigenvalue weighted by Gasteiger charge is 2.55. The first-order valence-electron chi connectivity index (χ1n) is 14.7. The molecular formula is C30H35F7N3O5S+. The average molecular weight is 683 g/mol. The zero-order chi connectivity index (χ0) is 33.9. The lowest BCUT2D eigenvalue weighted by Gasteiger charge is -2.44. The van der Waals surface area contributed by atoms with E-state index in [4.69, 9.17) is 4.84 Å². The largest absolute Gasteiger partial charge is 0.465 e. The van der Waals surface area contributed by atoms with Crippen LogP contribution in [0, 0.1) is 12.7 Å². The maximum Gasteiger partial charge on any atom is 0.465 e. The number of urea groups is 1. The standard InChI is InChI=1S/C30H35F7N3O5S/c1-20-15-24(31)6-7-25(20)26-5-2-3-11-40(26,45-28(43)38-9-13-46(44)14-10-38)27(42)39(8-4-12-41)19-21-16-22(29(32,33)34)18-23(17-21)30(35,36)37/h6-7,15-18,26,41H,2-5,8-14,19H2,1H3/q+1/t26-,40?/m1/s1. The van der Waals surface area contributed by atoms with Gasteiger partial charge in [0.05, 0.1) is 17.7 Å². The van der Waals surface area contributed by atoms with Crippen LogP contribution in [0.5, 0.6) is 0 Å². The van der Waals surface area contributed by atoms with Crippen molar-refractivity contribution in [3.05, 3.63) is 70.0 Å². The number of aliphatic hydroxyl groups is 1. The van der Waals surface area contributed by atoms with Crippen LogP contribution in [0.25, 0.3) is 0 Å². The van der Waals surface area contributed by atoms with Crippen molar-refractivity contribution in [2.75, 3.05) is 44.3 Å². The fourth-order valence-electron chi connectivity index (χ4n) is 5.91. The zero-order valence-electron chi connectivity index (χ0n) is 25.0. The lowest BCUT2D eigenvalue weighted by Crippen LogP contribution is -2.63. The van der Waals surface area contributed by atoms with Gasteiger partial charge in [0.15, 0.2) is 6.04 Å². The van der Waals surface area contributed by atoms with E-state index in [1.165, 1.54) is 23.1 Å². The number of aliphatic hydroxyl groups excluding tert-OH is 1. The number of quaternary nitrogens is 1. The first-order chi connectivity index (χ1) is 21.5. The minimum atomic E-state index is -5.12. The Bertz CT molecular complexity index is 1410. The quantitative estimate of drug-likeness (QED) is 0.284. The molecule has 0 aliphatic carbocycles. The highest BCUT2D eigenvalue weighted by molar-refractivity contribution is 7.85. The Kier molecular flexibility index (Phi) is 11.0. The van der Waals surface area contributed by atoms with Gasteiger partial charge in [-0.05, 0) is 71.9 Å². The summed E-state index contributed by atoms with van der Waals surface area (Å²) in [5.74, 6) is -0.179. The van der Waals surface area contributed by atoms with Crippen molar-refractivity contribution in [2.45, 2.75) is 57.5 Å². The molecule has 2 fully saturated rings. The van der Waals surface area contributed by atoms with Crippen LogP contribution < -0.4 is 0 Å². The second-order valence-corrected chi connectivity index (χ2v) is 13.1. The molecule has 2 aromatic carbocycles. The number of rotatable bonds is 6. The first kappa shape index (κ1) is 35.6. The number of aryl methyl sites for hydroxylation is 1. The zero-order valence-corrected chi connectivity index (χ0v) is 25.8. The molecule has 3 amide bonds. The summed E-state index contributed by atoms with van der Waals surface area (Å²) in [6.07, 6.45) is -9.99. The van der Waals surface area contributed by atoms with Gasteiger partial charge in [-0.1, -0.05) is 0 Å². The van der Waals surface area contributed by atoms with Gasteiger partial charge in [0.2, 0.25) is 0 Å². The summed E-state index contributed by atoms with van der Waals surface area (Å²) in [5.41, 5.74) is -2.66. The smallest absolute Gasteiger partial charge is 0.396 e. The third-order valence-corrected chi connectivity index (χ3v) is 9.47. The van der Waals surface area contributed by atoms with Crippen molar-refractivity contribution in [3.8, 4) is 0 Å². The molecule has 2 saturated heterocycles. The molecule has 2 aliphatic heterocycles. The van der Waals surface area contributed by atoms with Crippen LogP contribution in [0.4, 0.5) is 40.3 Å². The number of halogens is 7. The summed E-state index contributed by atoms with van der Waals surface area (Å²) < 4.78 is 107. The topological polar surface area (TPSA) is 87.2 Å². The molecule has 254 valence electrons. The van der Waals surface area contributed by atoms with Gasteiger partial charge in [0, 0.05) is 67.0 Å². The Hall–Kier alpha value is -3.24. The van der Waals surface area contributed by atoms with E-state index in [1.807, 2.05) is 0 Å². The number of benzene rings is 2. The van der Waals surface area contributed by atoms with Crippen LogP contribution in [-0.2, 0) is 34.5 Å². The van der Waals surface area contributed by atoms with Gasteiger partial charge in [-0.2, -0.15) is 26.3 Å². The van der Waals surface area contributed by atoms with Crippen molar-refractivity contribution >= 4 is 22.9 Å². The maximum atomic E-state index is 14.7. The van der Waals surface area contributed by atoms with E-state index in [2.05, 4.69) is 0 Å². The number of alkyl halides is 6. The van der Waals surface area contributed by atoms with E-state index in [-0.39, 0.29) is 56.6 Å². The Balaban J connectivity index is 1.82. The molecule has 0 radical (unpaired) electrons. The van der Waals surface area contributed by atoms with E-state index in [1.54, 1.807) is 6.92 Å². The van der Waals surface area contributed by atoms with Crippen LogP contribution in [0.3, 0.4) is 0 Å². The second-order valence-electron chi connectivity index (χ2n) is 11.4. The number of nitrogens with zero attached hydrogens (tertiary/aromatic N) is 3. The Morgan fingerprint density at radius 1 is 1.02 bits per heavy atom. The van der Waals surface area contributed by atoms with Crippen LogP contribution in [0.15, 0.2) is 36.4 Å². The highest BCUT2D eigenvalue weighted by Crippen LogP contribution is 2.42. The van der Waals surface area contributed by atoms with E-state index >= 15 is 0 Å². The van der Waals surface area contributed by atoms with E-state index in [0.29, 0.717) is 36.1 Å². The van der Waals surface area contributed by atoms with E-state index in [9.17, 15) is 49.6 Å². The molecule has 0 saturated carbocycles. The maximum absolute atomic E-state index is 14.7. The van der Waals surface area contributed by atoms with Gasteiger partial charge >= 0.3 is 24.5 Å². The molecule has 0 bridgehead atoms. The molecule has 0 spiro atoms. The van der Waals surface area contributed by atoms with Gasteiger partial charge in [0.1, 0.15) is 12.4 Å². The molecule has 2 heterocycles. The highest BCUT2D eigenvalue weighted by atomic mass is 32.2. The summed E-state index contributed by atoms with van der Waals surface area (Å²) >= 11 is 0. The predicted molar refractivity (Wildman–Crippen MR) is 153 cm³/mol. The monoisotopic (exact) mass is 682 g/mol. The normalized spacial score (nSPS) is 21.2. The van der Waals surface area contributed by atoms with E-state index < -0.39 is 81.6 Å². The third-order valence-electron chi connectivity index (χ3n) is 8.19. The lowest BCUT2D eigenvalue weighted by molar-refractivity contribution is -1.05. The van der Waals surface area contributed by atoms with Gasteiger partial charge in [-0.3, -0.25) is 9.11 Å². The van der Waals surface area contributed by atoms with Crippen molar-refractivity contribution in [2.24, 2.45) is 0 Å². The van der Waals surface area contributed by atoms with Crippen molar-refractivity contribution in [1.82, 2.24) is 9.80 Å². The Morgan fingerprint density at radius 2 is 1.65 bits per heavy atom. The number of carbonyl (C=O) groups excluding carboxylic acids is 2. The summed E-state index contributed by atoms with van der Waals surface area (Å²) in [6, 6.07) is 3.11. The minimum absolute atomic E-state index is 0.0111. The number of hydroxylamine groups is 3. The van der Waals surface area contributed by atoms with Gasteiger partial charge in [0.25, 0.3) is 0 Å². The van der Waals surface area contributed by atoms with Crippen molar-refractivity contribution in [3.63, 3.8) is 0 Å². The van der Waals surface area contributed by atoms with Crippen LogP contribution in [-0.4, -0.2) is 80.2 Å². The fourth-order valence-corrected chi connectivity index (χ4v) is 6.96. The van der Waals surface area contributed by atoms with E-state index in [0.717, 1.165) is 4.90 Å². The van der Waals surface area contributed by atoms with Crippen LogP contribution >= 0.6 is 0 Å².